The average molecular weight is 246 g/mol. The molecule has 2 saturated heterocycles. The topological polar surface area (TPSA) is 49.4 Å². The van der Waals surface area contributed by atoms with Gasteiger partial charge in [0, 0.05) is 19.1 Å². The lowest BCUT2D eigenvalue weighted by Gasteiger charge is -2.44. The molecule has 0 aromatic rings. The Morgan fingerprint density at radius 3 is 2.81 bits per heavy atom. The highest BCUT2D eigenvalue weighted by molar-refractivity contribution is 7.89. The normalized spacial score (nSPS) is 36.2. The molecule has 5 heteroatoms. The molecule has 3 atom stereocenters. The molecular formula is C11H22N2O2S. The second kappa shape index (κ2) is 4.63. The van der Waals surface area contributed by atoms with Crippen molar-refractivity contribution >= 4 is 10.0 Å². The predicted molar refractivity (Wildman–Crippen MR) is 64.7 cm³/mol. The van der Waals surface area contributed by atoms with Crippen molar-refractivity contribution in [3.63, 3.8) is 0 Å². The first-order chi connectivity index (χ1) is 7.53. The molecule has 0 aliphatic carbocycles. The Balaban J connectivity index is 2.08. The third kappa shape index (κ3) is 2.41. The van der Waals surface area contributed by atoms with Crippen molar-refractivity contribution in [2.24, 2.45) is 11.8 Å². The molecule has 16 heavy (non-hydrogen) atoms. The summed E-state index contributed by atoms with van der Waals surface area (Å²) in [4.78, 5) is 0. The van der Waals surface area contributed by atoms with Crippen LogP contribution in [-0.2, 0) is 10.0 Å². The summed E-state index contributed by atoms with van der Waals surface area (Å²) in [5.74, 6) is 1.31. The fourth-order valence-electron chi connectivity index (χ4n) is 2.84. The zero-order valence-corrected chi connectivity index (χ0v) is 11.0. The lowest BCUT2D eigenvalue weighted by Crippen LogP contribution is -2.56. The van der Waals surface area contributed by atoms with Crippen LogP contribution in [0.2, 0.25) is 0 Å². The lowest BCUT2D eigenvalue weighted by molar-refractivity contribution is 0.125. The van der Waals surface area contributed by atoms with E-state index in [1.807, 2.05) is 6.92 Å². The van der Waals surface area contributed by atoms with E-state index in [9.17, 15) is 8.42 Å². The average Bonchev–Trinajstić information content (AvgIpc) is 2.24. The highest BCUT2D eigenvalue weighted by Gasteiger charge is 2.38. The van der Waals surface area contributed by atoms with E-state index < -0.39 is 10.0 Å². The first-order valence-electron chi connectivity index (χ1n) is 6.24. The Labute approximate surface area is 98.4 Å². The molecule has 0 aromatic heterocycles. The minimum absolute atomic E-state index is 0.300. The van der Waals surface area contributed by atoms with Gasteiger partial charge in [-0.05, 0) is 38.1 Å². The van der Waals surface area contributed by atoms with Gasteiger partial charge in [0.1, 0.15) is 0 Å². The lowest BCUT2D eigenvalue weighted by atomic mass is 9.82. The van der Waals surface area contributed by atoms with Gasteiger partial charge in [-0.2, -0.15) is 0 Å². The van der Waals surface area contributed by atoms with E-state index >= 15 is 0 Å². The summed E-state index contributed by atoms with van der Waals surface area (Å²) in [5, 5.41) is 3.47. The number of sulfonamides is 1. The maximum atomic E-state index is 12.0. The minimum atomic E-state index is -2.99. The molecule has 2 rings (SSSR count). The first-order valence-corrected chi connectivity index (χ1v) is 7.85. The number of hydrogen-bond acceptors (Lipinski definition) is 3. The van der Waals surface area contributed by atoms with Gasteiger partial charge in [0.05, 0.1) is 5.75 Å². The Bertz CT molecular complexity index is 342. The second-order valence-corrected chi connectivity index (χ2v) is 7.28. The number of piperidine rings is 2. The van der Waals surface area contributed by atoms with Crippen LogP contribution in [0.3, 0.4) is 0 Å². The fourth-order valence-corrected chi connectivity index (χ4v) is 4.48. The Morgan fingerprint density at radius 1 is 1.38 bits per heavy atom. The van der Waals surface area contributed by atoms with E-state index in [0.717, 1.165) is 13.1 Å². The van der Waals surface area contributed by atoms with Crippen molar-refractivity contribution in [3.8, 4) is 0 Å². The van der Waals surface area contributed by atoms with Gasteiger partial charge < -0.3 is 5.32 Å². The summed E-state index contributed by atoms with van der Waals surface area (Å²) in [7, 11) is -2.99. The predicted octanol–water partition coefficient (Wildman–Crippen LogP) is 0.656. The first kappa shape index (κ1) is 12.3. The molecule has 0 saturated carbocycles. The summed E-state index contributed by atoms with van der Waals surface area (Å²) < 4.78 is 25.8. The Morgan fingerprint density at radius 2 is 2.12 bits per heavy atom. The number of fused-ring (bicyclic) bond motifs is 2. The van der Waals surface area contributed by atoms with Crippen molar-refractivity contribution in [2.45, 2.75) is 32.7 Å². The molecule has 3 unspecified atom stereocenters. The summed E-state index contributed by atoms with van der Waals surface area (Å²) in [6.45, 7) is 6.49. The quantitative estimate of drug-likeness (QED) is 0.796. The molecule has 1 N–H and O–H groups in total. The van der Waals surface area contributed by atoms with Crippen molar-refractivity contribution in [2.75, 3.05) is 25.4 Å². The van der Waals surface area contributed by atoms with E-state index in [-0.39, 0.29) is 0 Å². The van der Waals surface area contributed by atoms with Crippen molar-refractivity contribution < 1.29 is 8.42 Å². The number of rotatable bonds is 3. The molecule has 2 heterocycles. The molecule has 0 aromatic carbocycles. The van der Waals surface area contributed by atoms with Crippen LogP contribution in [0.4, 0.5) is 0 Å². The van der Waals surface area contributed by atoms with Gasteiger partial charge in [-0.1, -0.05) is 6.92 Å². The highest BCUT2D eigenvalue weighted by atomic mass is 32.2. The van der Waals surface area contributed by atoms with E-state index in [0.29, 0.717) is 36.6 Å². The summed E-state index contributed by atoms with van der Waals surface area (Å²) in [5.41, 5.74) is 0. The van der Waals surface area contributed by atoms with Crippen LogP contribution < -0.4 is 5.32 Å². The molecular weight excluding hydrogens is 224 g/mol. The van der Waals surface area contributed by atoms with Crippen molar-refractivity contribution in [1.82, 2.24) is 9.62 Å². The van der Waals surface area contributed by atoms with Crippen LogP contribution in [0.25, 0.3) is 0 Å². The van der Waals surface area contributed by atoms with Gasteiger partial charge in [-0.15, -0.1) is 0 Å². The van der Waals surface area contributed by atoms with Crippen LogP contribution in [-0.4, -0.2) is 44.2 Å². The Kier molecular flexibility index (Phi) is 3.56. The van der Waals surface area contributed by atoms with Gasteiger partial charge in [-0.25, -0.2) is 12.7 Å². The van der Waals surface area contributed by atoms with Crippen LogP contribution in [0.1, 0.15) is 26.7 Å². The number of nitrogens with one attached hydrogen (secondary N) is 1. The smallest absolute Gasteiger partial charge is 0.214 e. The maximum Gasteiger partial charge on any atom is 0.214 e. The van der Waals surface area contributed by atoms with Gasteiger partial charge in [0.2, 0.25) is 10.0 Å². The van der Waals surface area contributed by atoms with E-state index in [1.54, 1.807) is 4.31 Å². The third-order valence-corrected chi connectivity index (χ3v) is 5.84. The molecule has 2 aliphatic heterocycles. The summed E-state index contributed by atoms with van der Waals surface area (Å²) in [6, 6.07) is 0.455. The molecule has 2 aliphatic rings. The largest absolute Gasteiger partial charge is 0.314 e. The van der Waals surface area contributed by atoms with Gasteiger partial charge in [-0.3, -0.25) is 0 Å². The monoisotopic (exact) mass is 246 g/mol. The Hall–Kier alpha value is -0.130. The van der Waals surface area contributed by atoms with Crippen LogP contribution in [0.5, 0.6) is 0 Å². The van der Waals surface area contributed by atoms with Crippen LogP contribution in [0, 0.1) is 11.8 Å². The van der Waals surface area contributed by atoms with E-state index in [4.69, 9.17) is 0 Å². The molecule has 2 fully saturated rings. The standard InChI is InChI=1S/C11H22N2O2S/c1-3-4-16(14,15)13-7-10-5-11(8-13)9(2)12-6-10/h9-12H,3-8H2,1-2H3. The van der Waals surface area contributed by atoms with Gasteiger partial charge in [0.15, 0.2) is 0 Å². The molecule has 0 radical (unpaired) electrons. The van der Waals surface area contributed by atoms with Gasteiger partial charge in [0.25, 0.3) is 0 Å². The highest BCUT2D eigenvalue weighted by Crippen LogP contribution is 2.29. The van der Waals surface area contributed by atoms with Crippen LogP contribution in [0.15, 0.2) is 0 Å². The molecule has 94 valence electrons. The molecule has 0 spiro atoms. The van der Waals surface area contributed by atoms with E-state index in [2.05, 4.69) is 12.2 Å². The fraction of sp³-hybridized carbons (Fsp3) is 1.00. The molecule has 0 amide bonds. The van der Waals surface area contributed by atoms with E-state index in [1.165, 1.54) is 6.42 Å². The maximum absolute atomic E-state index is 12.0. The number of hydrogen-bond donors (Lipinski definition) is 1. The molecule has 2 bridgehead atoms. The second-order valence-electron chi connectivity index (χ2n) is 5.19. The molecule has 4 nitrogen and oxygen atoms in total. The van der Waals surface area contributed by atoms with Crippen molar-refractivity contribution in [1.29, 1.82) is 0 Å². The minimum Gasteiger partial charge on any atom is -0.314 e. The summed E-state index contributed by atoms with van der Waals surface area (Å²) in [6.07, 6.45) is 1.90. The van der Waals surface area contributed by atoms with Crippen molar-refractivity contribution in [3.05, 3.63) is 0 Å². The van der Waals surface area contributed by atoms with Gasteiger partial charge >= 0.3 is 0 Å². The summed E-state index contributed by atoms with van der Waals surface area (Å²) >= 11 is 0. The SMILES string of the molecule is CCCS(=O)(=O)N1CC2CNC(C)C(C2)C1. The zero-order valence-electron chi connectivity index (χ0n) is 10.1. The third-order valence-electron chi connectivity index (χ3n) is 3.83. The van der Waals surface area contributed by atoms with Crippen LogP contribution >= 0.6 is 0 Å². The zero-order chi connectivity index (χ0) is 11.8. The number of nitrogens with zero attached hydrogens (tertiary/aromatic N) is 1.